The van der Waals surface area contributed by atoms with E-state index in [1.54, 1.807) is 48.5 Å². The standard InChI is InChI=1S/C29H26ClN3O5/c1-17-13-14-37-24-16-25(22(30)15-21(17)24)38-19-9-7-18(8-10-19)28(34)32-26-6-4-5-23(31-26)20-11-12-27(35-2)33-29(20)36-3/h4-12,15-17H,13-14H2,1-3H3,(H,31,32,34). The number of hydrogen-bond donors (Lipinski definition) is 1. The van der Waals surface area contributed by atoms with Crippen LogP contribution in [-0.2, 0) is 0 Å². The Morgan fingerprint density at radius 2 is 1.84 bits per heavy atom. The van der Waals surface area contributed by atoms with Crippen molar-refractivity contribution >= 4 is 23.3 Å². The minimum atomic E-state index is -0.310. The van der Waals surface area contributed by atoms with Crippen LogP contribution in [0.3, 0.4) is 0 Å². The lowest BCUT2D eigenvalue weighted by Gasteiger charge is -2.24. The van der Waals surface area contributed by atoms with Gasteiger partial charge in [-0.15, -0.1) is 0 Å². The highest BCUT2D eigenvalue weighted by Crippen LogP contribution is 2.41. The number of nitrogens with zero attached hydrogens (tertiary/aromatic N) is 2. The molecule has 1 unspecified atom stereocenters. The number of benzene rings is 2. The summed E-state index contributed by atoms with van der Waals surface area (Å²) < 4.78 is 22.3. The van der Waals surface area contributed by atoms with Crippen molar-refractivity contribution in [3.63, 3.8) is 0 Å². The first-order valence-corrected chi connectivity index (χ1v) is 12.4. The van der Waals surface area contributed by atoms with Crippen molar-refractivity contribution in [2.75, 3.05) is 26.1 Å². The summed E-state index contributed by atoms with van der Waals surface area (Å²) in [6, 6.07) is 19.3. The van der Waals surface area contributed by atoms with Gasteiger partial charge in [-0.25, -0.2) is 4.98 Å². The number of nitrogens with one attached hydrogen (secondary N) is 1. The van der Waals surface area contributed by atoms with Gasteiger partial charge in [-0.1, -0.05) is 24.6 Å². The molecule has 3 heterocycles. The molecule has 0 saturated carbocycles. The smallest absolute Gasteiger partial charge is 0.256 e. The Bertz CT molecular complexity index is 1480. The molecule has 4 aromatic rings. The number of methoxy groups -OCH3 is 2. The van der Waals surface area contributed by atoms with Gasteiger partial charge in [-0.2, -0.15) is 4.98 Å². The van der Waals surface area contributed by atoms with E-state index in [0.717, 1.165) is 17.7 Å². The molecule has 2 aromatic carbocycles. The molecule has 1 aliphatic rings. The van der Waals surface area contributed by atoms with E-state index >= 15 is 0 Å². The maximum Gasteiger partial charge on any atom is 0.256 e. The highest BCUT2D eigenvalue weighted by molar-refractivity contribution is 6.32. The lowest BCUT2D eigenvalue weighted by atomic mass is 9.95. The number of anilines is 1. The fourth-order valence-electron chi connectivity index (χ4n) is 4.17. The van der Waals surface area contributed by atoms with Crippen LogP contribution in [0.5, 0.6) is 29.0 Å². The topological polar surface area (TPSA) is 91.8 Å². The van der Waals surface area contributed by atoms with Crippen LogP contribution in [0, 0.1) is 0 Å². The maximum atomic E-state index is 12.9. The van der Waals surface area contributed by atoms with Crippen molar-refractivity contribution in [2.24, 2.45) is 0 Å². The van der Waals surface area contributed by atoms with E-state index < -0.39 is 0 Å². The van der Waals surface area contributed by atoms with Crippen LogP contribution in [-0.4, -0.2) is 36.7 Å². The normalized spacial score (nSPS) is 14.2. The number of aromatic nitrogens is 2. The number of halogens is 1. The molecule has 1 atom stereocenters. The molecule has 0 aliphatic carbocycles. The third-order valence-electron chi connectivity index (χ3n) is 6.25. The molecule has 0 saturated heterocycles. The van der Waals surface area contributed by atoms with Crippen molar-refractivity contribution in [1.29, 1.82) is 0 Å². The number of pyridine rings is 2. The molecular formula is C29H26ClN3O5. The van der Waals surface area contributed by atoms with Crippen LogP contribution in [0.1, 0.15) is 35.2 Å². The molecule has 9 heteroatoms. The van der Waals surface area contributed by atoms with Gasteiger partial charge in [0.05, 0.1) is 37.1 Å². The molecule has 194 valence electrons. The quantitative estimate of drug-likeness (QED) is 0.282. The fraction of sp³-hybridized carbons (Fsp3) is 0.207. The largest absolute Gasteiger partial charge is 0.493 e. The van der Waals surface area contributed by atoms with Gasteiger partial charge >= 0.3 is 0 Å². The van der Waals surface area contributed by atoms with Crippen molar-refractivity contribution in [1.82, 2.24) is 9.97 Å². The average Bonchev–Trinajstić information content (AvgIpc) is 2.94. The second-order valence-electron chi connectivity index (χ2n) is 8.76. The van der Waals surface area contributed by atoms with E-state index in [-0.39, 0.29) is 5.91 Å². The minimum absolute atomic E-state index is 0.310. The molecule has 1 amide bonds. The summed E-state index contributed by atoms with van der Waals surface area (Å²) in [5.41, 5.74) is 2.80. The minimum Gasteiger partial charge on any atom is -0.493 e. The SMILES string of the molecule is COc1ccc(-c2cccc(NC(=O)c3ccc(Oc4cc5c(cc4Cl)C(C)CCO5)cc3)n2)c(OC)n1. The summed E-state index contributed by atoms with van der Waals surface area (Å²) in [5.74, 6) is 3.10. The predicted molar refractivity (Wildman–Crippen MR) is 145 cm³/mol. The number of ether oxygens (including phenoxy) is 4. The second kappa shape index (κ2) is 11.0. The molecular weight excluding hydrogens is 506 g/mol. The van der Waals surface area contributed by atoms with E-state index in [2.05, 4.69) is 22.2 Å². The van der Waals surface area contributed by atoms with E-state index in [1.165, 1.54) is 14.2 Å². The van der Waals surface area contributed by atoms with Gasteiger partial charge in [0.1, 0.15) is 23.1 Å². The lowest BCUT2D eigenvalue weighted by Crippen LogP contribution is -2.13. The molecule has 1 N–H and O–H groups in total. The Morgan fingerprint density at radius 1 is 1.03 bits per heavy atom. The zero-order valence-electron chi connectivity index (χ0n) is 21.2. The molecule has 8 nitrogen and oxygen atoms in total. The summed E-state index contributed by atoms with van der Waals surface area (Å²) in [6.07, 6.45) is 0.958. The van der Waals surface area contributed by atoms with Gasteiger partial charge in [-0.05, 0) is 66.4 Å². The van der Waals surface area contributed by atoms with Gasteiger partial charge in [0.25, 0.3) is 5.91 Å². The molecule has 1 aliphatic heterocycles. The predicted octanol–water partition coefficient (Wildman–Crippen LogP) is 6.74. The van der Waals surface area contributed by atoms with Crippen LogP contribution in [0.4, 0.5) is 5.82 Å². The van der Waals surface area contributed by atoms with Crippen LogP contribution in [0.25, 0.3) is 11.3 Å². The summed E-state index contributed by atoms with van der Waals surface area (Å²) in [4.78, 5) is 21.7. The molecule has 0 spiro atoms. The number of amides is 1. The monoisotopic (exact) mass is 531 g/mol. The number of carbonyl (C=O) groups excluding carboxylic acids is 1. The Hall–Kier alpha value is -4.30. The van der Waals surface area contributed by atoms with Crippen molar-refractivity contribution in [3.05, 3.63) is 82.9 Å². The third kappa shape index (κ3) is 5.35. The van der Waals surface area contributed by atoms with Gasteiger partial charge in [0.2, 0.25) is 11.8 Å². The maximum absolute atomic E-state index is 12.9. The summed E-state index contributed by atoms with van der Waals surface area (Å²) in [5, 5.41) is 3.34. The molecule has 0 bridgehead atoms. The van der Waals surface area contributed by atoms with E-state index in [4.69, 9.17) is 30.5 Å². The van der Waals surface area contributed by atoms with Crippen molar-refractivity contribution in [3.8, 4) is 40.3 Å². The second-order valence-corrected chi connectivity index (χ2v) is 9.16. The lowest BCUT2D eigenvalue weighted by molar-refractivity contribution is 0.102. The van der Waals surface area contributed by atoms with E-state index in [9.17, 15) is 4.79 Å². The Balaban J connectivity index is 1.29. The summed E-state index contributed by atoms with van der Waals surface area (Å²) >= 11 is 6.47. The molecule has 38 heavy (non-hydrogen) atoms. The fourth-order valence-corrected chi connectivity index (χ4v) is 4.38. The molecule has 2 aromatic heterocycles. The highest BCUT2D eigenvalue weighted by Gasteiger charge is 2.21. The van der Waals surface area contributed by atoms with Crippen LogP contribution in [0.15, 0.2) is 66.7 Å². The zero-order valence-corrected chi connectivity index (χ0v) is 21.9. The Kier molecular flexibility index (Phi) is 7.33. The molecule has 0 radical (unpaired) electrons. The first-order valence-electron chi connectivity index (χ1n) is 12.1. The summed E-state index contributed by atoms with van der Waals surface area (Å²) in [6.45, 7) is 2.82. The van der Waals surface area contributed by atoms with Crippen molar-refractivity contribution < 1.29 is 23.7 Å². The first-order chi connectivity index (χ1) is 18.4. The number of fused-ring (bicyclic) bond motifs is 1. The van der Waals surface area contributed by atoms with Gasteiger partial charge < -0.3 is 24.3 Å². The number of hydrogen-bond acceptors (Lipinski definition) is 7. The van der Waals surface area contributed by atoms with Gasteiger partial charge in [0, 0.05) is 17.7 Å². The molecule has 0 fully saturated rings. The van der Waals surface area contributed by atoms with Crippen LogP contribution in [0.2, 0.25) is 5.02 Å². The van der Waals surface area contributed by atoms with Crippen LogP contribution < -0.4 is 24.3 Å². The first kappa shape index (κ1) is 25.4. The molecule has 5 rings (SSSR count). The third-order valence-corrected chi connectivity index (χ3v) is 6.55. The van der Waals surface area contributed by atoms with Crippen LogP contribution >= 0.6 is 11.6 Å². The number of rotatable bonds is 7. The van der Waals surface area contributed by atoms with Crippen molar-refractivity contribution in [2.45, 2.75) is 19.3 Å². The van der Waals surface area contributed by atoms with Gasteiger partial charge in [-0.3, -0.25) is 4.79 Å². The van der Waals surface area contributed by atoms with Gasteiger partial charge in [0.15, 0.2) is 0 Å². The Morgan fingerprint density at radius 3 is 2.61 bits per heavy atom. The Labute approximate surface area is 225 Å². The summed E-state index contributed by atoms with van der Waals surface area (Å²) in [7, 11) is 3.06. The average molecular weight is 532 g/mol. The zero-order chi connectivity index (χ0) is 26.6. The number of carbonyl (C=O) groups is 1. The van der Waals surface area contributed by atoms with E-state index in [0.29, 0.717) is 63.4 Å². The highest BCUT2D eigenvalue weighted by atomic mass is 35.5. The van der Waals surface area contributed by atoms with E-state index in [1.807, 2.05) is 18.2 Å².